The lowest BCUT2D eigenvalue weighted by atomic mass is 10.1. The summed E-state index contributed by atoms with van der Waals surface area (Å²) < 4.78 is 15.7. The molecule has 6 heteroatoms. The number of imidazole rings is 1. The highest BCUT2D eigenvalue weighted by molar-refractivity contribution is 6.05. The molecule has 0 saturated heterocycles. The number of carbonyl (C=O) groups excluding carboxylic acids is 1. The topological polar surface area (TPSA) is 59.3 Å². The van der Waals surface area contributed by atoms with Crippen LogP contribution in [-0.4, -0.2) is 20.3 Å². The molecule has 0 aliphatic heterocycles. The molecule has 0 radical (unpaired) electrons. The van der Waals surface area contributed by atoms with Crippen molar-refractivity contribution in [2.24, 2.45) is 0 Å². The maximum atomic E-state index is 13.8. The molecule has 4 aromatic rings. The second kappa shape index (κ2) is 6.40. The molecule has 0 saturated carbocycles. The molecule has 0 atom stereocenters. The summed E-state index contributed by atoms with van der Waals surface area (Å²) in [6.45, 7) is 1.88. The van der Waals surface area contributed by atoms with E-state index in [4.69, 9.17) is 0 Å². The minimum atomic E-state index is -0.551. The van der Waals surface area contributed by atoms with E-state index in [0.29, 0.717) is 11.5 Å². The molecule has 26 heavy (non-hydrogen) atoms. The number of nitrogens with one attached hydrogen (secondary N) is 1. The van der Waals surface area contributed by atoms with Crippen LogP contribution in [0.3, 0.4) is 0 Å². The largest absolute Gasteiger partial charge is 0.322 e. The predicted molar refractivity (Wildman–Crippen MR) is 97.5 cm³/mol. The van der Waals surface area contributed by atoms with Crippen molar-refractivity contribution >= 4 is 17.4 Å². The molecule has 2 aromatic carbocycles. The van der Waals surface area contributed by atoms with Gasteiger partial charge in [0.2, 0.25) is 5.78 Å². The highest BCUT2D eigenvalue weighted by atomic mass is 19.1. The van der Waals surface area contributed by atoms with Crippen molar-refractivity contribution in [1.29, 1.82) is 0 Å². The molecule has 2 heterocycles. The summed E-state index contributed by atoms with van der Waals surface area (Å²) >= 11 is 0. The maximum absolute atomic E-state index is 13.8. The summed E-state index contributed by atoms with van der Waals surface area (Å²) in [6.07, 6.45) is 5.42. The van der Waals surface area contributed by atoms with Gasteiger partial charge < -0.3 is 5.32 Å². The van der Waals surface area contributed by atoms with Gasteiger partial charge >= 0.3 is 0 Å². The Bertz CT molecular complexity index is 1090. The fraction of sp³-hybridized carbons (Fsp3) is 0.0500. The number of anilines is 1. The Morgan fingerprint density at radius 3 is 2.81 bits per heavy atom. The number of carbonyl (C=O) groups is 1. The quantitative estimate of drug-likeness (QED) is 0.608. The Morgan fingerprint density at radius 2 is 2.00 bits per heavy atom. The third kappa shape index (κ3) is 2.93. The fourth-order valence-electron chi connectivity index (χ4n) is 2.72. The Labute approximate surface area is 149 Å². The molecule has 0 fully saturated rings. The molecule has 0 bridgehead atoms. The van der Waals surface area contributed by atoms with Gasteiger partial charge in [0.15, 0.2) is 0 Å². The lowest BCUT2D eigenvalue weighted by Gasteiger charge is -2.10. The number of halogens is 1. The van der Waals surface area contributed by atoms with E-state index in [1.165, 1.54) is 12.1 Å². The van der Waals surface area contributed by atoms with Crippen molar-refractivity contribution in [3.63, 3.8) is 0 Å². The van der Waals surface area contributed by atoms with Crippen LogP contribution in [0.4, 0.5) is 10.1 Å². The first-order chi connectivity index (χ1) is 12.6. The molecule has 0 aliphatic carbocycles. The summed E-state index contributed by atoms with van der Waals surface area (Å²) in [5.74, 6) is -0.440. The van der Waals surface area contributed by atoms with E-state index in [1.54, 1.807) is 18.3 Å². The highest BCUT2D eigenvalue weighted by Crippen LogP contribution is 2.25. The van der Waals surface area contributed by atoms with E-state index in [0.717, 1.165) is 16.8 Å². The predicted octanol–water partition coefficient (Wildman–Crippen LogP) is 4.10. The number of aryl methyl sites for hydroxylation is 1. The van der Waals surface area contributed by atoms with Crippen molar-refractivity contribution in [3.05, 3.63) is 84.1 Å². The van der Waals surface area contributed by atoms with Crippen molar-refractivity contribution in [3.8, 4) is 11.3 Å². The van der Waals surface area contributed by atoms with E-state index in [9.17, 15) is 9.18 Å². The van der Waals surface area contributed by atoms with E-state index in [-0.39, 0.29) is 5.56 Å². The third-order valence-electron chi connectivity index (χ3n) is 4.14. The Balaban J connectivity index is 1.68. The van der Waals surface area contributed by atoms with Crippen LogP contribution in [0.1, 0.15) is 15.9 Å². The normalized spacial score (nSPS) is 10.8. The van der Waals surface area contributed by atoms with Crippen LogP contribution in [-0.2, 0) is 0 Å². The Kier molecular flexibility index (Phi) is 3.93. The Morgan fingerprint density at radius 1 is 1.15 bits per heavy atom. The van der Waals surface area contributed by atoms with Gasteiger partial charge in [0.1, 0.15) is 5.82 Å². The average Bonchev–Trinajstić information content (AvgIpc) is 3.08. The second-order valence-corrected chi connectivity index (χ2v) is 5.92. The molecule has 0 aliphatic rings. The summed E-state index contributed by atoms with van der Waals surface area (Å²) in [7, 11) is 0. The zero-order valence-electron chi connectivity index (χ0n) is 14.0. The van der Waals surface area contributed by atoms with Crippen molar-refractivity contribution < 1.29 is 9.18 Å². The van der Waals surface area contributed by atoms with Crippen molar-refractivity contribution in [2.75, 3.05) is 5.32 Å². The molecular weight excluding hydrogens is 331 g/mol. The number of aromatic nitrogens is 3. The summed E-state index contributed by atoms with van der Waals surface area (Å²) in [5, 5.41) is 2.78. The molecule has 128 valence electrons. The van der Waals surface area contributed by atoms with Crippen LogP contribution in [0.15, 0.2) is 67.1 Å². The second-order valence-electron chi connectivity index (χ2n) is 5.92. The number of hydrogen-bond donors (Lipinski definition) is 1. The van der Waals surface area contributed by atoms with Gasteiger partial charge in [0, 0.05) is 29.8 Å². The molecule has 2 aromatic heterocycles. The first-order valence-corrected chi connectivity index (χ1v) is 8.08. The van der Waals surface area contributed by atoms with Gasteiger partial charge in [0.05, 0.1) is 11.3 Å². The number of hydrogen-bond acceptors (Lipinski definition) is 3. The summed E-state index contributed by atoms with van der Waals surface area (Å²) in [6, 6.07) is 13.4. The number of fused-ring (bicyclic) bond motifs is 1. The SMILES string of the molecule is Cc1ccc(-c2cn3cccnc3n2)cc1NC(=O)c1ccccc1F. The minimum Gasteiger partial charge on any atom is -0.322 e. The first kappa shape index (κ1) is 16.0. The van der Waals surface area contributed by atoms with Crippen molar-refractivity contribution in [1.82, 2.24) is 14.4 Å². The van der Waals surface area contributed by atoms with E-state index in [1.807, 2.05) is 48.0 Å². The van der Waals surface area contributed by atoms with E-state index < -0.39 is 11.7 Å². The van der Waals surface area contributed by atoms with Crippen LogP contribution >= 0.6 is 0 Å². The fourth-order valence-corrected chi connectivity index (χ4v) is 2.72. The monoisotopic (exact) mass is 346 g/mol. The minimum absolute atomic E-state index is 0.00855. The zero-order chi connectivity index (χ0) is 18.1. The number of nitrogens with zero attached hydrogens (tertiary/aromatic N) is 3. The number of benzene rings is 2. The zero-order valence-corrected chi connectivity index (χ0v) is 14.0. The summed E-state index contributed by atoms with van der Waals surface area (Å²) in [4.78, 5) is 21.1. The Hall–Kier alpha value is -3.54. The first-order valence-electron chi connectivity index (χ1n) is 8.08. The summed E-state index contributed by atoms with van der Waals surface area (Å²) in [5.41, 5.74) is 3.07. The number of amides is 1. The number of rotatable bonds is 3. The van der Waals surface area contributed by atoms with Gasteiger partial charge in [-0.05, 0) is 36.8 Å². The van der Waals surface area contributed by atoms with Crippen LogP contribution in [0.5, 0.6) is 0 Å². The maximum Gasteiger partial charge on any atom is 0.258 e. The lowest BCUT2D eigenvalue weighted by molar-refractivity contribution is 0.102. The van der Waals surface area contributed by atoms with Gasteiger partial charge in [-0.25, -0.2) is 14.4 Å². The molecule has 0 unspecified atom stereocenters. The third-order valence-corrected chi connectivity index (χ3v) is 4.14. The average molecular weight is 346 g/mol. The van der Waals surface area contributed by atoms with E-state index >= 15 is 0 Å². The molecule has 4 rings (SSSR count). The van der Waals surface area contributed by atoms with Crippen LogP contribution in [0.2, 0.25) is 0 Å². The van der Waals surface area contributed by atoms with Gasteiger partial charge in [-0.15, -0.1) is 0 Å². The van der Waals surface area contributed by atoms with Gasteiger partial charge in [-0.3, -0.25) is 9.20 Å². The van der Waals surface area contributed by atoms with Gasteiger partial charge in [-0.2, -0.15) is 0 Å². The smallest absolute Gasteiger partial charge is 0.258 e. The standard InChI is InChI=1S/C20H15FN4O/c1-13-7-8-14(18-12-25-10-4-9-22-20(25)24-18)11-17(13)23-19(26)15-5-2-3-6-16(15)21/h2-12H,1H3,(H,23,26). The lowest BCUT2D eigenvalue weighted by Crippen LogP contribution is -2.14. The van der Waals surface area contributed by atoms with Crippen molar-refractivity contribution in [2.45, 2.75) is 6.92 Å². The molecule has 1 amide bonds. The molecule has 1 N–H and O–H groups in total. The van der Waals surface area contributed by atoms with Crippen LogP contribution in [0.25, 0.3) is 17.0 Å². The van der Waals surface area contributed by atoms with Crippen LogP contribution in [0, 0.1) is 12.7 Å². The molecular formula is C20H15FN4O. The highest BCUT2D eigenvalue weighted by Gasteiger charge is 2.13. The molecule has 0 spiro atoms. The van der Waals surface area contributed by atoms with Gasteiger partial charge in [-0.1, -0.05) is 24.3 Å². The molecule has 5 nitrogen and oxygen atoms in total. The van der Waals surface area contributed by atoms with E-state index in [2.05, 4.69) is 15.3 Å². The van der Waals surface area contributed by atoms with Gasteiger partial charge in [0.25, 0.3) is 5.91 Å². The van der Waals surface area contributed by atoms with Crippen LogP contribution < -0.4 is 5.32 Å².